The molecule has 0 saturated heterocycles. The predicted molar refractivity (Wildman–Crippen MR) is 82.0 cm³/mol. The van der Waals surface area contributed by atoms with Crippen LogP contribution in [0.1, 0.15) is 22.7 Å². The normalized spacial score (nSPS) is 14.4. The molecule has 0 aromatic heterocycles. The second-order valence-electron chi connectivity index (χ2n) is 5.06. The summed E-state index contributed by atoms with van der Waals surface area (Å²) in [5, 5.41) is 0. The molecule has 0 amide bonds. The van der Waals surface area contributed by atoms with E-state index in [1.165, 1.54) is 24.3 Å². The smallest absolute Gasteiger partial charge is 0.493 e. The molecule has 2 aromatic carbocycles. The van der Waals surface area contributed by atoms with Gasteiger partial charge in [0.2, 0.25) is 0 Å². The van der Waals surface area contributed by atoms with E-state index in [1.54, 1.807) is 0 Å². The number of hydrogen-bond acceptors (Lipinski definition) is 3. The van der Waals surface area contributed by atoms with Crippen LogP contribution in [0.4, 0.5) is 13.2 Å². The third kappa shape index (κ3) is 4.09. The van der Waals surface area contributed by atoms with Crippen molar-refractivity contribution in [3.8, 4) is 11.5 Å². The maximum absolute atomic E-state index is 12.1. The molecule has 0 aliphatic carbocycles. The molecule has 2 aromatic rings. The summed E-state index contributed by atoms with van der Waals surface area (Å²) in [4.78, 5) is 0. The first-order valence-corrected chi connectivity index (χ1v) is 6.79. The molecule has 124 valence electrons. The third-order valence-electron chi connectivity index (χ3n) is 3.55. The minimum atomic E-state index is -4.69. The first-order chi connectivity index (χ1) is 10.4. The Hall–Kier alpha value is -1.92. The lowest BCUT2D eigenvalue weighted by Gasteiger charge is -2.15. The molecule has 2 N–H and O–H groups in total. The zero-order chi connectivity index (χ0) is 15.7. The van der Waals surface area contributed by atoms with E-state index < -0.39 is 12.4 Å². The lowest BCUT2D eigenvalue weighted by molar-refractivity contribution is -0.274. The van der Waals surface area contributed by atoms with Crippen molar-refractivity contribution in [3.05, 3.63) is 59.2 Å². The van der Waals surface area contributed by atoms with Crippen LogP contribution in [0.3, 0.4) is 0 Å². The molecule has 0 unspecified atom stereocenters. The summed E-state index contributed by atoms with van der Waals surface area (Å²) in [6.07, 6.45) is -3.85. The van der Waals surface area contributed by atoms with Crippen LogP contribution >= 0.6 is 12.4 Å². The summed E-state index contributed by atoms with van der Waals surface area (Å²) in [5.41, 5.74) is 8.90. The number of benzene rings is 2. The lowest BCUT2D eigenvalue weighted by atomic mass is 9.97. The van der Waals surface area contributed by atoms with Gasteiger partial charge in [0.1, 0.15) is 11.5 Å². The van der Waals surface area contributed by atoms with Crippen LogP contribution in [0.15, 0.2) is 42.5 Å². The first kappa shape index (κ1) is 17.4. The monoisotopic (exact) mass is 345 g/mol. The number of halogens is 4. The molecule has 7 heteroatoms. The fourth-order valence-electron chi connectivity index (χ4n) is 2.47. The molecular weight excluding hydrogens is 331 g/mol. The fraction of sp³-hybridized carbons (Fsp3) is 0.250. The largest absolute Gasteiger partial charge is 0.573 e. The maximum Gasteiger partial charge on any atom is 0.573 e. The van der Waals surface area contributed by atoms with Gasteiger partial charge in [0.25, 0.3) is 0 Å². The topological polar surface area (TPSA) is 44.5 Å². The van der Waals surface area contributed by atoms with Crippen LogP contribution < -0.4 is 15.2 Å². The average Bonchev–Trinajstić information content (AvgIpc) is 2.93. The van der Waals surface area contributed by atoms with E-state index in [0.29, 0.717) is 12.2 Å². The van der Waals surface area contributed by atoms with Crippen LogP contribution in [0.2, 0.25) is 0 Å². The van der Waals surface area contributed by atoms with Crippen molar-refractivity contribution in [1.82, 2.24) is 0 Å². The Morgan fingerprint density at radius 2 is 1.70 bits per heavy atom. The average molecular weight is 346 g/mol. The highest BCUT2D eigenvalue weighted by Crippen LogP contribution is 2.30. The molecule has 1 aliphatic heterocycles. The van der Waals surface area contributed by atoms with Crippen molar-refractivity contribution in [2.24, 2.45) is 5.73 Å². The van der Waals surface area contributed by atoms with Gasteiger partial charge in [-0.3, -0.25) is 0 Å². The highest BCUT2D eigenvalue weighted by molar-refractivity contribution is 5.85. The van der Waals surface area contributed by atoms with Gasteiger partial charge < -0.3 is 15.2 Å². The maximum atomic E-state index is 12.1. The minimum Gasteiger partial charge on any atom is -0.493 e. The number of alkyl halides is 3. The zero-order valence-electron chi connectivity index (χ0n) is 12.0. The number of ether oxygens (including phenoxy) is 2. The van der Waals surface area contributed by atoms with E-state index in [1.807, 2.05) is 18.2 Å². The van der Waals surface area contributed by atoms with E-state index in [2.05, 4.69) is 4.74 Å². The summed E-state index contributed by atoms with van der Waals surface area (Å²) in [6, 6.07) is 10.9. The number of rotatable bonds is 3. The van der Waals surface area contributed by atoms with Gasteiger partial charge in [-0.1, -0.05) is 24.3 Å². The van der Waals surface area contributed by atoms with Gasteiger partial charge in [0, 0.05) is 6.42 Å². The van der Waals surface area contributed by atoms with Gasteiger partial charge in [-0.2, -0.15) is 0 Å². The Bertz CT molecular complexity index is 674. The molecule has 3 rings (SSSR count). The Balaban J connectivity index is 0.00000192. The molecular formula is C16H15ClF3NO2. The van der Waals surface area contributed by atoms with Crippen molar-refractivity contribution in [2.75, 3.05) is 6.61 Å². The summed E-state index contributed by atoms with van der Waals surface area (Å²) < 4.78 is 45.7. The first-order valence-electron chi connectivity index (χ1n) is 6.79. The standard InChI is InChI=1S/C16H14F3NO2.ClH/c17-16(18,19)22-13-4-1-10(2-5-13)15(20)12-3-6-14-11(9-12)7-8-21-14;/h1-6,9,15H,7-8,20H2;1H/t15-;/m0./s1. The number of hydrogen-bond donors (Lipinski definition) is 1. The van der Waals surface area contributed by atoms with Gasteiger partial charge in [0.15, 0.2) is 0 Å². The molecule has 1 aliphatic rings. The summed E-state index contributed by atoms with van der Waals surface area (Å²) >= 11 is 0. The van der Waals surface area contributed by atoms with Crippen molar-refractivity contribution >= 4 is 12.4 Å². The van der Waals surface area contributed by atoms with E-state index in [0.717, 1.165) is 23.3 Å². The van der Waals surface area contributed by atoms with Gasteiger partial charge >= 0.3 is 6.36 Å². The molecule has 0 fully saturated rings. The number of nitrogens with two attached hydrogens (primary N) is 1. The van der Waals surface area contributed by atoms with Crippen molar-refractivity contribution in [1.29, 1.82) is 0 Å². The zero-order valence-corrected chi connectivity index (χ0v) is 12.8. The predicted octanol–water partition coefficient (Wildman–Crippen LogP) is 3.99. The van der Waals surface area contributed by atoms with E-state index in [4.69, 9.17) is 10.5 Å². The summed E-state index contributed by atoms with van der Waals surface area (Å²) in [6.45, 7) is 0.664. The highest BCUT2D eigenvalue weighted by atomic mass is 35.5. The minimum absolute atomic E-state index is 0. The lowest BCUT2D eigenvalue weighted by Crippen LogP contribution is -2.17. The van der Waals surface area contributed by atoms with Crippen LogP contribution in [-0.2, 0) is 6.42 Å². The molecule has 0 radical (unpaired) electrons. The van der Waals surface area contributed by atoms with Gasteiger partial charge in [-0.05, 0) is 34.9 Å². The van der Waals surface area contributed by atoms with Gasteiger partial charge in [-0.25, -0.2) is 0 Å². The number of fused-ring (bicyclic) bond motifs is 1. The molecule has 0 spiro atoms. The molecule has 23 heavy (non-hydrogen) atoms. The van der Waals surface area contributed by atoms with Crippen LogP contribution in [0.25, 0.3) is 0 Å². The van der Waals surface area contributed by atoms with Crippen molar-refractivity contribution < 1.29 is 22.6 Å². The molecule has 0 saturated carbocycles. The van der Waals surface area contributed by atoms with Crippen molar-refractivity contribution in [3.63, 3.8) is 0 Å². The van der Waals surface area contributed by atoms with Crippen LogP contribution in [0, 0.1) is 0 Å². The Morgan fingerprint density at radius 1 is 1.04 bits per heavy atom. The second kappa shape index (κ2) is 6.68. The van der Waals surface area contributed by atoms with Crippen LogP contribution in [0.5, 0.6) is 11.5 Å². The third-order valence-corrected chi connectivity index (χ3v) is 3.55. The SMILES string of the molecule is Cl.N[C@@H](c1ccc(OC(F)(F)F)cc1)c1ccc2c(c1)CCO2. The summed E-state index contributed by atoms with van der Waals surface area (Å²) in [5.74, 6) is 0.607. The van der Waals surface area contributed by atoms with Crippen LogP contribution in [-0.4, -0.2) is 13.0 Å². The van der Waals surface area contributed by atoms with Crippen molar-refractivity contribution in [2.45, 2.75) is 18.8 Å². The fourth-order valence-corrected chi connectivity index (χ4v) is 2.47. The van der Waals surface area contributed by atoms with Gasteiger partial charge in [-0.15, -0.1) is 25.6 Å². The van der Waals surface area contributed by atoms with E-state index in [-0.39, 0.29) is 18.2 Å². The second-order valence-corrected chi connectivity index (χ2v) is 5.06. The Morgan fingerprint density at radius 3 is 2.35 bits per heavy atom. The quantitative estimate of drug-likeness (QED) is 0.914. The Labute approximate surface area is 137 Å². The molecule has 1 heterocycles. The van der Waals surface area contributed by atoms with E-state index >= 15 is 0 Å². The Kier molecular flexibility index (Phi) is 5.06. The molecule has 0 bridgehead atoms. The molecule has 1 atom stereocenters. The summed E-state index contributed by atoms with van der Waals surface area (Å²) in [7, 11) is 0. The highest BCUT2D eigenvalue weighted by Gasteiger charge is 2.31. The van der Waals surface area contributed by atoms with Gasteiger partial charge in [0.05, 0.1) is 12.6 Å². The van der Waals surface area contributed by atoms with E-state index in [9.17, 15) is 13.2 Å². The molecule has 3 nitrogen and oxygen atoms in total.